The Balaban J connectivity index is 2.08. The van der Waals surface area contributed by atoms with E-state index in [9.17, 15) is 36.5 Å². The second-order valence-electron chi connectivity index (χ2n) is 6.43. The zero-order valence-corrected chi connectivity index (χ0v) is 17.3. The van der Waals surface area contributed by atoms with E-state index >= 15 is 0 Å². The average Bonchev–Trinajstić information content (AvgIpc) is 2.74. The highest BCUT2D eigenvalue weighted by molar-refractivity contribution is 7.92. The number of alkyl halides is 3. The van der Waals surface area contributed by atoms with Crippen LogP contribution in [0.2, 0.25) is 5.02 Å². The van der Waals surface area contributed by atoms with E-state index in [-0.39, 0.29) is 27.9 Å². The summed E-state index contributed by atoms with van der Waals surface area (Å²) in [6.07, 6.45) is -4.91. The molecule has 0 fully saturated rings. The number of nitro groups is 1. The monoisotopic (exact) mass is 484 g/mol. The van der Waals surface area contributed by atoms with Crippen molar-refractivity contribution < 1.29 is 31.3 Å². The van der Waals surface area contributed by atoms with Crippen molar-refractivity contribution in [3.8, 4) is 0 Å². The van der Waals surface area contributed by atoms with Crippen LogP contribution in [0.5, 0.6) is 0 Å². The normalized spacial score (nSPS) is 11.8. The van der Waals surface area contributed by atoms with Gasteiger partial charge in [-0.1, -0.05) is 41.9 Å². The van der Waals surface area contributed by atoms with Gasteiger partial charge in [0.1, 0.15) is 0 Å². The number of benzene rings is 3. The summed E-state index contributed by atoms with van der Waals surface area (Å²) in [6, 6.07) is 12.5. The molecule has 0 aliphatic rings. The van der Waals surface area contributed by atoms with E-state index in [1.807, 2.05) is 4.72 Å². The van der Waals surface area contributed by atoms with Gasteiger partial charge in [-0.15, -0.1) is 0 Å². The minimum atomic E-state index is -4.91. The molecule has 0 aliphatic heterocycles. The van der Waals surface area contributed by atoms with Crippen LogP contribution in [0, 0.1) is 10.1 Å². The van der Waals surface area contributed by atoms with E-state index in [1.165, 1.54) is 30.3 Å². The molecule has 3 rings (SSSR count). The highest BCUT2D eigenvalue weighted by Gasteiger charge is 2.35. The fraction of sp³-hybridized carbons (Fsp3) is 0.0500. The predicted molar refractivity (Wildman–Crippen MR) is 110 cm³/mol. The number of nitro benzene ring substituents is 1. The third-order valence-electron chi connectivity index (χ3n) is 4.28. The average molecular weight is 485 g/mol. The molecule has 3 aromatic carbocycles. The Morgan fingerprint density at radius 1 is 1.00 bits per heavy atom. The molecule has 0 atom stereocenters. The van der Waals surface area contributed by atoms with Crippen molar-refractivity contribution >= 4 is 38.8 Å². The summed E-state index contributed by atoms with van der Waals surface area (Å²) in [5, 5.41) is 11.4. The molecular formula is C20H12ClF3N2O5S. The number of carbonyl (C=O) groups excluding carboxylic acids is 1. The summed E-state index contributed by atoms with van der Waals surface area (Å²) in [7, 11) is -4.76. The van der Waals surface area contributed by atoms with Crippen molar-refractivity contribution in [3.63, 3.8) is 0 Å². The van der Waals surface area contributed by atoms with E-state index in [0.717, 1.165) is 0 Å². The van der Waals surface area contributed by atoms with E-state index in [0.29, 0.717) is 12.1 Å². The van der Waals surface area contributed by atoms with E-state index in [4.69, 9.17) is 11.6 Å². The summed E-state index contributed by atoms with van der Waals surface area (Å²) in [5.41, 5.74) is -2.83. The molecule has 0 radical (unpaired) electrons. The lowest BCUT2D eigenvalue weighted by Gasteiger charge is -2.14. The van der Waals surface area contributed by atoms with Crippen molar-refractivity contribution in [2.24, 2.45) is 0 Å². The molecule has 0 heterocycles. The van der Waals surface area contributed by atoms with Crippen molar-refractivity contribution in [2.75, 3.05) is 4.72 Å². The first-order chi connectivity index (χ1) is 14.9. The van der Waals surface area contributed by atoms with Crippen LogP contribution in [-0.2, 0) is 16.2 Å². The topological polar surface area (TPSA) is 106 Å². The Morgan fingerprint density at radius 3 is 2.25 bits per heavy atom. The molecule has 0 aliphatic carbocycles. The second kappa shape index (κ2) is 8.60. The summed E-state index contributed by atoms with van der Waals surface area (Å²) in [6.45, 7) is 0. The van der Waals surface area contributed by atoms with Gasteiger partial charge in [0.2, 0.25) is 0 Å². The molecule has 0 spiro atoms. The second-order valence-corrected chi connectivity index (χ2v) is 8.52. The molecule has 1 N–H and O–H groups in total. The van der Waals surface area contributed by atoms with Crippen molar-refractivity contribution in [3.05, 3.63) is 98.6 Å². The molecule has 7 nitrogen and oxygen atoms in total. The minimum Gasteiger partial charge on any atom is -0.289 e. The molecular weight excluding hydrogens is 473 g/mol. The number of anilines is 1. The zero-order chi connectivity index (χ0) is 23.7. The maximum Gasteiger partial charge on any atom is 0.416 e. The summed E-state index contributed by atoms with van der Waals surface area (Å²) in [5.74, 6) is -0.590. The Kier molecular flexibility index (Phi) is 6.24. The summed E-state index contributed by atoms with van der Waals surface area (Å²) >= 11 is 5.94. The van der Waals surface area contributed by atoms with Gasteiger partial charge in [0, 0.05) is 22.2 Å². The van der Waals surface area contributed by atoms with E-state index < -0.39 is 43.1 Å². The largest absolute Gasteiger partial charge is 0.416 e. The van der Waals surface area contributed by atoms with Crippen molar-refractivity contribution in [2.45, 2.75) is 11.1 Å². The smallest absolute Gasteiger partial charge is 0.289 e. The molecule has 0 amide bonds. The molecule has 32 heavy (non-hydrogen) atoms. The minimum absolute atomic E-state index is 0.118. The van der Waals surface area contributed by atoms with Gasteiger partial charge in [0.15, 0.2) is 10.7 Å². The van der Waals surface area contributed by atoms with Crippen LogP contribution in [0.1, 0.15) is 21.5 Å². The SMILES string of the molecule is O=C(c1ccccc1)c1cc(Cl)ccc1NS(=O)(=O)c1ccc(C(F)(F)F)cc1[N+](=O)[O-]. The van der Waals surface area contributed by atoms with Gasteiger partial charge in [-0.25, -0.2) is 8.42 Å². The molecule has 12 heteroatoms. The van der Waals surface area contributed by atoms with Gasteiger partial charge >= 0.3 is 6.18 Å². The lowest BCUT2D eigenvalue weighted by molar-refractivity contribution is -0.388. The van der Waals surface area contributed by atoms with Gasteiger partial charge < -0.3 is 0 Å². The Hall–Kier alpha value is -3.44. The van der Waals surface area contributed by atoms with Crippen molar-refractivity contribution in [1.82, 2.24) is 0 Å². The Morgan fingerprint density at radius 2 is 1.66 bits per heavy atom. The number of rotatable bonds is 6. The fourth-order valence-corrected chi connectivity index (χ4v) is 4.21. The van der Waals surface area contributed by atoms with Gasteiger partial charge in [-0.05, 0) is 30.3 Å². The van der Waals surface area contributed by atoms with Crippen LogP contribution >= 0.6 is 11.6 Å². The van der Waals surface area contributed by atoms with Crippen LogP contribution < -0.4 is 4.72 Å². The Bertz CT molecular complexity index is 1310. The molecule has 0 unspecified atom stereocenters. The molecule has 0 saturated heterocycles. The first kappa shape index (κ1) is 23.2. The van der Waals surface area contributed by atoms with Gasteiger partial charge in [0.25, 0.3) is 15.7 Å². The van der Waals surface area contributed by atoms with Crippen LogP contribution in [0.25, 0.3) is 0 Å². The lowest BCUT2D eigenvalue weighted by Crippen LogP contribution is -2.18. The number of sulfonamides is 1. The molecule has 0 aromatic heterocycles. The molecule has 0 saturated carbocycles. The number of halogens is 4. The number of hydrogen-bond donors (Lipinski definition) is 1. The van der Waals surface area contributed by atoms with E-state index in [2.05, 4.69) is 0 Å². The van der Waals surface area contributed by atoms with Gasteiger partial charge in [-0.2, -0.15) is 13.2 Å². The predicted octanol–water partition coefficient (Wildman–Crippen LogP) is 5.30. The first-order valence-corrected chi connectivity index (χ1v) is 10.5. The lowest BCUT2D eigenvalue weighted by atomic mass is 10.0. The number of carbonyl (C=O) groups is 1. The standard InChI is InChI=1S/C20H12ClF3N2O5S/c21-14-7-8-16(15(11-14)19(27)12-4-2-1-3-5-12)25-32(30,31)18-9-6-13(20(22,23)24)10-17(18)26(28)29/h1-11,25H. The molecule has 3 aromatic rings. The highest BCUT2D eigenvalue weighted by Crippen LogP contribution is 2.35. The molecule has 0 bridgehead atoms. The van der Waals surface area contributed by atoms with E-state index in [1.54, 1.807) is 18.2 Å². The van der Waals surface area contributed by atoms with Gasteiger partial charge in [-0.3, -0.25) is 19.6 Å². The number of nitrogens with one attached hydrogen (secondary N) is 1. The summed E-state index contributed by atoms with van der Waals surface area (Å²) < 4.78 is 66.5. The van der Waals surface area contributed by atoms with Crippen LogP contribution in [-0.4, -0.2) is 19.1 Å². The summed E-state index contributed by atoms with van der Waals surface area (Å²) in [4.78, 5) is 21.9. The molecule has 166 valence electrons. The number of nitrogens with zero attached hydrogens (tertiary/aromatic N) is 1. The maximum absolute atomic E-state index is 12.9. The maximum atomic E-state index is 12.9. The third-order valence-corrected chi connectivity index (χ3v) is 5.93. The highest BCUT2D eigenvalue weighted by atomic mass is 35.5. The number of hydrogen-bond acceptors (Lipinski definition) is 5. The van der Waals surface area contributed by atoms with Crippen LogP contribution in [0.4, 0.5) is 24.5 Å². The third kappa shape index (κ3) is 4.89. The number of ketones is 1. The van der Waals surface area contributed by atoms with Crippen molar-refractivity contribution in [1.29, 1.82) is 0 Å². The van der Waals surface area contributed by atoms with Crippen LogP contribution in [0.15, 0.2) is 71.6 Å². The Labute approximate surface area is 184 Å². The fourth-order valence-electron chi connectivity index (χ4n) is 2.80. The van der Waals surface area contributed by atoms with Gasteiger partial charge in [0.05, 0.1) is 16.2 Å². The quantitative estimate of drug-likeness (QED) is 0.290. The van der Waals surface area contributed by atoms with Crippen LogP contribution in [0.3, 0.4) is 0 Å². The zero-order valence-electron chi connectivity index (χ0n) is 15.8. The first-order valence-electron chi connectivity index (χ1n) is 8.68.